The molecule has 0 aliphatic rings. The van der Waals surface area contributed by atoms with Crippen LogP contribution in [0.2, 0.25) is 0 Å². The van der Waals surface area contributed by atoms with Gasteiger partial charge in [-0.05, 0) is 13.8 Å². The summed E-state index contributed by atoms with van der Waals surface area (Å²) in [7, 11) is 0. The van der Waals surface area contributed by atoms with Gasteiger partial charge in [-0.2, -0.15) is 22.0 Å². The van der Waals surface area contributed by atoms with E-state index in [1.165, 1.54) is 0 Å². The molecule has 0 aliphatic heterocycles. The largest absolute Gasteiger partial charge is 0.454 e. The Balaban J connectivity index is 4.95. The zero-order valence-electron chi connectivity index (χ0n) is 10.4. The van der Waals surface area contributed by atoms with Crippen molar-refractivity contribution < 1.29 is 41.0 Å². The summed E-state index contributed by atoms with van der Waals surface area (Å²) in [5.74, 6) is -10.3. The SMILES string of the molecule is C=C(F)C(=O)OC(C)(C)C(F)(F)C(=O)OCC(F)(F)S. The van der Waals surface area contributed by atoms with E-state index in [0.29, 0.717) is 13.8 Å². The lowest BCUT2D eigenvalue weighted by molar-refractivity contribution is -0.219. The molecule has 0 aromatic carbocycles. The van der Waals surface area contributed by atoms with Crippen LogP contribution in [0.1, 0.15) is 13.8 Å². The highest BCUT2D eigenvalue weighted by atomic mass is 32.1. The topological polar surface area (TPSA) is 52.6 Å². The first-order chi connectivity index (χ1) is 8.71. The van der Waals surface area contributed by atoms with E-state index in [1.807, 2.05) is 0 Å². The van der Waals surface area contributed by atoms with Gasteiger partial charge in [-0.25, -0.2) is 9.59 Å². The number of carbonyl (C=O) groups excluding carboxylic acids is 2. The van der Waals surface area contributed by atoms with Crippen LogP contribution in [0.5, 0.6) is 0 Å². The average molecular weight is 322 g/mol. The van der Waals surface area contributed by atoms with Gasteiger partial charge in [0.2, 0.25) is 5.83 Å². The quantitative estimate of drug-likeness (QED) is 0.353. The molecule has 0 aromatic heterocycles. The maximum atomic E-state index is 13.6. The van der Waals surface area contributed by atoms with E-state index < -0.39 is 41.2 Å². The standard InChI is InChI=1S/C10H11F5O4S/c1-5(11)6(16)19-8(2,3)10(14,15)7(17)18-4-9(12,13)20/h20H,1,4H2,2-3H3. The molecule has 0 amide bonds. The van der Waals surface area contributed by atoms with E-state index in [1.54, 1.807) is 0 Å². The maximum absolute atomic E-state index is 13.6. The summed E-state index contributed by atoms with van der Waals surface area (Å²) in [5, 5.41) is -3.81. The molecule has 10 heteroatoms. The summed E-state index contributed by atoms with van der Waals surface area (Å²) in [6.45, 7) is 1.97. The van der Waals surface area contributed by atoms with Crippen LogP contribution in [-0.4, -0.2) is 35.3 Å². The molecule has 0 atom stereocenters. The van der Waals surface area contributed by atoms with Crippen molar-refractivity contribution in [3.8, 4) is 0 Å². The smallest absolute Gasteiger partial charge is 0.381 e. The van der Waals surface area contributed by atoms with Crippen LogP contribution in [0.25, 0.3) is 0 Å². The number of esters is 2. The molecule has 0 rings (SSSR count). The van der Waals surface area contributed by atoms with Crippen molar-refractivity contribution in [2.75, 3.05) is 6.61 Å². The summed E-state index contributed by atoms with van der Waals surface area (Å²) >= 11 is 2.68. The molecule has 0 aliphatic carbocycles. The molecule has 0 bridgehead atoms. The third kappa shape index (κ3) is 4.99. The Morgan fingerprint density at radius 3 is 2.00 bits per heavy atom. The van der Waals surface area contributed by atoms with E-state index >= 15 is 0 Å². The van der Waals surface area contributed by atoms with Crippen molar-refractivity contribution in [2.24, 2.45) is 0 Å². The zero-order chi connectivity index (χ0) is 16.4. The van der Waals surface area contributed by atoms with Crippen LogP contribution in [0.3, 0.4) is 0 Å². The third-order valence-electron chi connectivity index (χ3n) is 1.96. The Hall–Kier alpha value is -1.32. The second-order valence-corrected chi connectivity index (χ2v) is 4.78. The first-order valence-electron chi connectivity index (χ1n) is 4.93. The fourth-order valence-electron chi connectivity index (χ4n) is 0.840. The highest BCUT2D eigenvalue weighted by molar-refractivity contribution is 7.81. The van der Waals surface area contributed by atoms with Crippen LogP contribution in [0.15, 0.2) is 12.4 Å². The van der Waals surface area contributed by atoms with Gasteiger partial charge in [0.25, 0.3) is 0 Å². The number of hydrogen-bond donors (Lipinski definition) is 1. The molecule has 0 saturated carbocycles. The van der Waals surface area contributed by atoms with Gasteiger partial charge in [0, 0.05) is 0 Å². The maximum Gasteiger partial charge on any atom is 0.381 e. The minimum atomic E-state index is -4.49. The summed E-state index contributed by atoms with van der Waals surface area (Å²) < 4.78 is 71.9. The van der Waals surface area contributed by atoms with E-state index in [0.717, 1.165) is 0 Å². The molecule has 116 valence electrons. The molecule has 0 N–H and O–H groups in total. The molecule has 0 saturated heterocycles. The normalized spacial score (nSPS) is 12.8. The van der Waals surface area contributed by atoms with E-state index in [4.69, 9.17) is 0 Å². The van der Waals surface area contributed by atoms with Crippen molar-refractivity contribution in [3.63, 3.8) is 0 Å². The number of ether oxygens (including phenoxy) is 2. The van der Waals surface area contributed by atoms with E-state index in [9.17, 15) is 31.5 Å². The van der Waals surface area contributed by atoms with Crippen LogP contribution < -0.4 is 0 Å². The number of alkyl halides is 4. The van der Waals surface area contributed by atoms with Gasteiger partial charge in [-0.1, -0.05) is 6.58 Å². The van der Waals surface area contributed by atoms with Crippen molar-refractivity contribution in [1.29, 1.82) is 0 Å². The third-order valence-corrected chi connectivity index (χ3v) is 2.09. The summed E-state index contributed by atoms with van der Waals surface area (Å²) in [6, 6.07) is 0. The number of rotatable bonds is 6. The first kappa shape index (κ1) is 18.7. The van der Waals surface area contributed by atoms with Crippen LogP contribution in [0, 0.1) is 0 Å². The lowest BCUT2D eigenvalue weighted by atomic mass is 10.0. The molecular formula is C10H11F5O4S. The summed E-state index contributed by atoms with van der Waals surface area (Å²) in [4.78, 5) is 21.9. The average Bonchev–Trinajstić information content (AvgIpc) is 2.23. The van der Waals surface area contributed by atoms with Gasteiger partial charge in [-0.3, -0.25) is 0 Å². The molecule has 0 heterocycles. The van der Waals surface area contributed by atoms with Crippen LogP contribution in [0.4, 0.5) is 22.0 Å². The summed E-state index contributed by atoms with van der Waals surface area (Å²) in [5.41, 5.74) is -2.83. The van der Waals surface area contributed by atoms with Gasteiger partial charge < -0.3 is 9.47 Å². The lowest BCUT2D eigenvalue weighted by Crippen LogP contribution is -2.53. The molecule has 0 spiro atoms. The van der Waals surface area contributed by atoms with Crippen molar-refractivity contribution in [1.82, 2.24) is 0 Å². The van der Waals surface area contributed by atoms with Crippen molar-refractivity contribution in [3.05, 3.63) is 12.4 Å². The number of carbonyl (C=O) groups is 2. The van der Waals surface area contributed by atoms with Crippen LogP contribution in [-0.2, 0) is 19.1 Å². The fraction of sp³-hybridized carbons (Fsp3) is 0.600. The Morgan fingerprint density at radius 1 is 1.20 bits per heavy atom. The van der Waals surface area contributed by atoms with Gasteiger partial charge in [0.05, 0.1) is 0 Å². The van der Waals surface area contributed by atoms with Gasteiger partial charge in [-0.15, -0.1) is 12.6 Å². The predicted molar refractivity (Wildman–Crippen MR) is 60.3 cm³/mol. The van der Waals surface area contributed by atoms with Crippen LogP contribution >= 0.6 is 12.6 Å². The van der Waals surface area contributed by atoms with E-state index in [-0.39, 0.29) is 0 Å². The Bertz CT molecular complexity index is 416. The van der Waals surface area contributed by atoms with Crippen molar-refractivity contribution in [2.45, 2.75) is 30.6 Å². The predicted octanol–water partition coefficient (Wildman–Crippen LogP) is 2.49. The molecule has 4 nitrogen and oxygen atoms in total. The fourth-order valence-corrected chi connectivity index (χ4v) is 0.905. The number of halogens is 5. The van der Waals surface area contributed by atoms with Gasteiger partial charge >= 0.3 is 23.1 Å². The molecule has 0 aromatic rings. The van der Waals surface area contributed by atoms with Gasteiger partial charge in [0.15, 0.2) is 12.2 Å². The molecule has 0 radical (unpaired) electrons. The van der Waals surface area contributed by atoms with Crippen molar-refractivity contribution >= 4 is 24.6 Å². The molecule has 0 fully saturated rings. The number of thiol groups is 1. The minimum absolute atomic E-state index is 0.577. The van der Waals surface area contributed by atoms with Gasteiger partial charge in [0.1, 0.15) is 0 Å². The summed E-state index contributed by atoms with van der Waals surface area (Å²) in [6.07, 6.45) is 0. The second kappa shape index (κ2) is 5.98. The molecule has 20 heavy (non-hydrogen) atoms. The first-order valence-corrected chi connectivity index (χ1v) is 5.38. The van der Waals surface area contributed by atoms with E-state index in [2.05, 4.69) is 28.7 Å². The molecule has 0 unspecified atom stereocenters. The highest BCUT2D eigenvalue weighted by Gasteiger charge is 2.58. The Labute approximate surface area is 116 Å². The Kier molecular flexibility index (Phi) is 5.59. The monoisotopic (exact) mass is 322 g/mol. The minimum Gasteiger partial charge on any atom is -0.454 e. The lowest BCUT2D eigenvalue weighted by Gasteiger charge is -2.31. The highest BCUT2D eigenvalue weighted by Crippen LogP contribution is 2.34. The number of hydrogen-bond acceptors (Lipinski definition) is 5. The zero-order valence-corrected chi connectivity index (χ0v) is 11.3. The Morgan fingerprint density at radius 2 is 1.65 bits per heavy atom. The second-order valence-electron chi connectivity index (χ2n) is 4.12. The molecular weight excluding hydrogens is 311 g/mol.